The van der Waals surface area contributed by atoms with Gasteiger partial charge in [-0.05, 0) is 47.8 Å². The number of amides is 1. The molecule has 0 N–H and O–H groups in total. The van der Waals surface area contributed by atoms with Crippen molar-refractivity contribution in [2.45, 2.75) is 51.1 Å². The Bertz CT molecular complexity index is 651. The molecule has 0 radical (unpaired) electrons. The average Bonchev–Trinajstić information content (AvgIpc) is 2.58. The zero-order valence-electron chi connectivity index (χ0n) is 15.5. The lowest BCUT2D eigenvalue weighted by molar-refractivity contribution is -0.151. The van der Waals surface area contributed by atoms with E-state index in [1.165, 1.54) is 12.0 Å². The van der Waals surface area contributed by atoms with Crippen LogP contribution >= 0.6 is 15.9 Å². The largest absolute Gasteiger partial charge is 0.372 e. The summed E-state index contributed by atoms with van der Waals surface area (Å²) in [5, 5.41) is 0. The lowest BCUT2D eigenvalue weighted by atomic mass is 9.87. The molecule has 0 aliphatic carbocycles. The summed E-state index contributed by atoms with van der Waals surface area (Å²) in [7, 11) is 0. The first-order valence-corrected chi connectivity index (χ1v) is 10.3. The number of halogens is 1. The van der Waals surface area contributed by atoms with Gasteiger partial charge < -0.3 is 9.64 Å². The highest BCUT2D eigenvalue weighted by Crippen LogP contribution is 2.33. The smallest absolute Gasteiger partial charge is 0.236 e. The summed E-state index contributed by atoms with van der Waals surface area (Å²) >= 11 is 3.49. The van der Waals surface area contributed by atoms with Crippen molar-refractivity contribution in [2.75, 3.05) is 32.7 Å². The summed E-state index contributed by atoms with van der Waals surface area (Å²) < 4.78 is 6.77. The van der Waals surface area contributed by atoms with Crippen molar-refractivity contribution >= 4 is 21.8 Å². The summed E-state index contributed by atoms with van der Waals surface area (Å²) in [5.41, 5.74) is 1.24. The van der Waals surface area contributed by atoms with Gasteiger partial charge in [-0.1, -0.05) is 0 Å². The fourth-order valence-corrected chi connectivity index (χ4v) is 5.01. The number of ether oxygens (including phenoxy) is 1. The van der Waals surface area contributed by atoms with Crippen LogP contribution in [0.2, 0.25) is 0 Å². The second kappa shape index (κ2) is 7.54. The van der Waals surface area contributed by atoms with E-state index >= 15 is 0 Å². The van der Waals surface area contributed by atoms with Gasteiger partial charge in [0.1, 0.15) is 0 Å². The van der Waals surface area contributed by atoms with E-state index in [9.17, 15) is 4.79 Å². The molecule has 4 aliphatic heterocycles. The maximum absolute atomic E-state index is 12.7. The van der Waals surface area contributed by atoms with E-state index in [0.29, 0.717) is 31.7 Å². The molecular formula is C19H27BrN4O2. The minimum Gasteiger partial charge on any atom is -0.372 e. The molecule has 1 aromatic heterocycles. The lowest BCUT2D eigenvalue weighted by Gasteiger charge is -2.56. The Morgan fingerprint density at radius 1 is 1.19 bits per heavy atom. The van der Waals surface area contributed by atoms with Crippen molar-refractivity contribution in [3.63, 3.8) is 0 Å². The van der Waals surface area contributed by atoms with E-state index in [1.54, 1.807) is 0 Å². The second-order valence-electron chi connectivity index (χ2n) is 7.98. The zero-order valence-corrected chi connectivity index (χ0v) is 17.1. The molecule has 142 valence electrons. The molecule has 0 aromatic carbocycles. The van der Waals surface area contributed by atoms with E-state index in [4.69, 9.17) is 4.74 Å². The molecule has 2 bridgehead atoms. The van der Waals surface area contributed by atoms with Gasteiger partial charge in [-0.15, -0.1) is 0 Å². The number of aromatic nitrogens is 1. The second-order valence-corrected chi connectivity index (χ2v) is 8.89. The van der Waals surface area contributed by atoms with E-state index in [0.717, 1.165) is 24.1 Å². The van der Waals surface area contributed by atoms with Crippen molar-refractivity contribution in [1.82, 2.24) is 19.7 Å². The number of nitrogens with zero attached hydrogens (tertiary/aromatic N) is 4. The van der Waals surface area contributed by atoms with Crippen LogP contribution in [0.15, 0.2) is 22.9 Å². The third-order valence-electron chi connectivity index (χ3n) is 5.68. The van der Waals surface area contributed by atoms with Crippen LogP contribution in [0.1, 0.15) is 25.8 Å². The molecule has 4 saturated heterocycles. The first kappa shape index (κ1) is 18.3. The molecule has 5 heterocycles. The van der Waals surface area contributed by atoms with E-state index in [-0.39, 0.29) is 18.1 Å². The molecule has 4 fully saturated rings. The van der Waals surface area contributed by atoms with Crippen molar-refractivity contribution in [3.8, 4) is 0 Å². The molecule has 4 atom stereocenters. The summed E-state index contributed by atoms with van der Waals surface area (Å²) in [6, 6.07) is 3.15. The molecule has 6 nitrogen and oxygen atoms in total. The third-order valence-corrected chi connectivity index (χ3v) is 6.11. The molecule has 7 heteroatoms. The molecule has 4 aliphatic rings. The number of carbonyl (C=O) groups excluding carboxylic acids is 1. The van der Waals surface area contributed by atoms with Gasteiger partial charge in [0, 0.05) is 61.7 Å². The van der Waals surface area contributed by atoms with Gasteiger partial charge in [0.25, 0.3) is 0 Å². The van der Waals surface area contributed by atoms with E-state index < -0.39 is 0 Å². The Hall–Kier alpha value is -1.02. The van der Waals surface area contributed by atoms with Crippen LogP contribution in [-0.4, -0.2) is 82.6 Å². The Morgan fingerprint density at radius 2 is 1.88 bits per heavy atom. The molecule has 0 spiro atoms. The molecule has 0 saturated carbocycles. The summed E-state index contributed by atoms with van der Waals surface area (Å²) in [6.07, 6.45) is 5.24. The Labute approximate surface area is 163 Å². The van der Waals surface area contributed by atoms with Crippen molar-refractivity contribution in [2.24, 2.45) is 0 Å². The number of rotatable bonds is 4. The van der Waals surface area contributed by atoms with Crippen LogP contribution in [0, 0.1) is 0 Å². The average molecular weight is 423 g/mol. The summed E-state index contributed by atoms with van der Waals surface area (Å²) in [4.78, 5) is 23.9. The van der Waals surface area contributed by atoms with E-state index in [1.807, 2.05) is 31.1 Å². The van der Waals surface area contributed by atoms with Gasteiger partial charge in [0.05, 0.1) is 18.8 Å². The Morgan fingerprint density at radius 3 is 2.54 bits per heavy atom. The van der Waals surface area contributed by atoms with Crippen LogP contribution in [0.25, 0.3) is 0 Å². The third kappa shape index (κ3) is 3.96. The standard InChI is InChI=1S/C19H27BrN4O2/c1-13-7-23(8-14(2)26-13)19(25)12-24-17-4-18(24)11-22(10-17)9-15-3-16(20)6-21-5-15/h3,5-6,13-14,17-18H,4,7-12H2,1-2H3. The quantitative estimate of drug-likeness (QED) is 0.739. The monoisotopic (exact) mass is 422 g/mol. The number of piperidine rings is 1. The normalized spacial score (nSPS) is 32.3. The summed E-state index contributed by atoms with van der Waals surface area (Å²) in [5.74, 6) is 0.256. The number of carbonyl (C=O) groups is 1. The zero-order chi connectivity index (χ0) is 18.3. The van der Waals surface area contributed by atoms with Crippen LogP contribution in [-0.2, 0) is 16.1 Å². The first-order valence-electron chi connectivity index (χ1n) is 9.48. The van der Waals surface area contributed by atoms with Gasteiger partial charge in [-0.25, -0.2) is 0 Å². The van der Waals surface area contributed by atoms with Crippen molar-refractivity contribution < 1.29 is 9.53 Å². The fourth-order valence-electron chi connectivity index (χ4n) is 4.60. The Kier molecular flexibility index (Phi) is 5.32. The van der Waals surface area contributed by atoms with Gasteiger partial charge in [0.2, 0.25) is 5.91 Å². The lowest BCUT2D eigenvalue weighted by Crippen LogP contribution is -2.69. The predicted molar refractivity (Wildman–Crippen MR) is 103 cm³/mol. The Balaban J connectivity index is 1.29. The first-order chi connectivity index (χ1) is 12.5. The molecule has 5 rings (SSSR count). The summed E-state index contributed by atoms with van der Waals surface area (Å²) in [6.45, 7) is 9.08. The fraction of sp³-hybridized carbons (Fsp3) is 0.684. The van der Waals surface area contributed by atoms with Crippen LogP contribution < -0.4 is 0 Å². The predicted octanol–water partition coefficient (Wildman–Crippen LogP) is 1.74. The van der Waals surface area contributed by atoms with Crippen LogP contribution in [0.5, 0.6) is 0 Å². The van der Waals surface area contributed by atoms with E-state index in [2.05, 4.69) is 36.8 Å². The maximum atomic E-state index is 12.7. The molecule has 1 amide bonds. The number of morpholine rings is 1. The van der Waals surface area contributed by atoms with Gasteiger partial charge >= 0.3 is 0 Å². The van der Waals surface area contributed by atoms with Gasteiger partial charge in [-0.2, -0.15) is 0 Å². The molecular weight excluding hydrogens is 396 g/mol. The number of pyridine rings is 1. The maximum Gasteiger partial charge on any atom is 0.236 e. The van der Waals surface area contributed by atoms with Crippen molar-refractivity contribution in [1.29, 1.82) is 0 Å². The number of piperazine rings is 1. The topological polar surface area (TPSA) is 48.9 Å². The van der Waals surface area contributed by atoms with Crippen LogP contribution in [0.3, 0.4) is 0 Å². The molecule has 4 unspecified atom stereocenters. The highest BCUT2D eigenvalue weighted by molar-refractivity contribution is 9.10. The highest BCUT2D eigenvalue weighted by atomic mass is 79.9. The molecule has 1 aromatic rings. The number of hydrogen-bond donors (Lipinski definition) is 0. The minimum absolute atomic E-state index is 0.132. The van der Waals surface area contributed by atoms with Gasteiger partial charge in [0.15, 0.2) is 0 Å². The number of hydrogen-bond acceptors (Lipinski definition) is 5. The highest BCUT2D eigenvalue weighted by Gasteiger charge is 2.45. The van der Waals surface area contributed by atoms with Gasteiger partial charge in [-0.3, -0.25) is 19.6 Å². The molecule has 26 heavy (non-hydrogen) atoms. The SMILES string of the molecule is CC1CN(C(=O)CN2C3CC2CN(Cc2cncc(Br)c2)C3)CC(C)O1. The number of fused-ring (bicyclic) bond motifs is 2. The van der Waals surface area contributed by atoms with Crippen LogP contribution in [0.4, 0.5) is 0 Å². The minimum atomic E-state index is 0.132. The van der Waals surface area contributed by atoms with Crippen molar-refractivity contribution in [3.05, 3.63) is 28.5 Å².